The molecule has 5 nitrogen and oxygen atoms in total. The van der Waals surface area contributed by atoms with Crippen molar-refractivity contribution < 1.29 is 18.7 Å². The number of piperazine rings is 1. The fourth-order valence-electron chi connectivity index (χ4n) is 2.24. The molecule has 21 heavy (non-hydrogen) atoms. The van der Waals surface area contributed by atoms with Crippen molar-refractivity contribution in [3.8, 4) is 0 Å². The Bertz CT molecular complexity index is 533. The Morgan fingerprint density at radius 2 is 2.24 bits per heavy atom. The van der Waals surface area contributed by atoms with Gasteiger partial charge in [-0.05, 0) is 25.1 Å². The van der Waals surface area contributed by atoms with Gasteiger partial charge in [0.25, 0.3) is 5.91 Å². The Morgan fingerprint density at radius 3 is 2.90 bits per heavy atom. The predicted molar refractivity (Wildman–Crippen MR) is 78.4 cm³/mol. The highest BCUT2D eigenvalue weighted by Gasteiger charge is 2.33. The molecule has 1 heterocycles. The lowest BCUT2D eigenvalue weighted by Gasteiger charge is -2.34. The summed E-state index contributed by atoms with van der Waals surface area (Å²) in [5, 5.41) is 3.06. The largest absolute Gasteiger partial charge is 0.464 e. The Kier molecular flexibility index (Phi) is 5.30. The summed E-state index contributed by atoms with van der Waals surface area (Å²) >= 11 is 3.16. The zero-order chi connectivity index (χ0) is 15.4. The first-order valence-electron chi connectivity index (χ1n) is 6.67. The van der Waals surface area contributed by atoms with Crippen LogP contribution in [0.15, 0.2) is 22.7 Å². The maximum atomic E-state index is 13.4. The molecule has 0 saturated carbocycles. The zero-order valence-corrected chi connectivity index (χ0v) is 13.2. The van der Waals surface area contributed by atoms with Crippen LogP contribution in [0.5, 0.6) is 0 Å². The number of ether oxygens (including phenoxy) is 1. The third-order valence-electron chi connectivity index (χ3n) is 3.17. The minimum atomic E-state index is -0.687. The fourth-order valence-corrected chi connectivity index (χ4v) is 2.70. The van der Waals surface area contributed by atoms with E-state index in [1.807, 2.05) is 0 Å². The van der Waals surface area contributed by atoms with Crippen molar-refractivity contribution in [2.24, 2.45) is 0 Å². The summed E-state index contributed by atoms with van der Waals surface area (Å²) in [5.74, 6) is -1.33. The van der Waals surface area contributed by atoms with Crippen LogP contribution in [0.1, 0.15) is 17.3 Å². The van der Waals surface area contributed by atoms with E-state index >= 15 is 0 Å². The highest BCUT2D eigenvalue weighted by molar-refractivity contribution is 9.10. The van der Waals surface area contributed by atoms with E-state index < -0.39 is 17.8 Å². The second kappa shape index (κ2) is 7.00. The average molecular weight is 359 g/mol. The molecule has 0 bridgehead atoms. The van der Waals surface area contributed by atoms with Gasteiger partial charge < -0.3 is 15.0 Å². The third-order valence-corrected chi connectivity index (χ3v) is 3.63. The van der Waals surface area contributed by atoms with E-state index in [1.165, 1.54) is 17.0 Å². The van der Waals surface area contributed by atoms with Gasteiger partial charge in [-0.3, -0.25) is 4.79 Å². The number of carbonyl (C=O) groups excluding carboxylic acids is 2. The van der Waals surface area contributed by atoms with Crippen molar-refractivity contribution >= 4 is 27.8 Å². The van der Waals surface area contributed by atoms with Crippen LogP contribution in [0.2, 0.25) is 0 Å². The molecule has 114 valence electrons. The van der Waals surface area contributed by atoms with Crippen molar-refractivity contribution in [3.05, 3.63) is 34.1 Å². The number of hydrogen-bond donors (Lipinski definition) is 1. The van der Waals surface area contributed by atoms with Crippen molar-refractivity contribution in [3.63, 3.8) is 0 Å². The Balaban J connectivity index is 2.24. The van der Waals surface area contributed by atoms with Crippen LogP contribution in [0.3, 0.4) is 0 Å². The number of nitrogens with zero attached hydrogens (tertiary/aromatic N) is 1. The van der Waals surface area contributed by atoms with Crippen LogP contribution >= 0.6 is 15.9 Å². The van der Waals surface area contributed by atoms with Crippen LogP contribution in [0, 0.1) is 5.82 Å². The maximum absolute atomic E-state index is 13.4. The van der Waals surface area contributed by atoms with Gasteiger partial charge in [-0.2, -0.15) is 0 Å². The summed E-state index contributed by atoms with van der Waals surface area (Å²) in [7, 11) is 0. The monoisotopic (exact) mass is 358 g/mol. The molecular weight excluding hydrogens is 343 g/mol. The van der Waals surface area contributed by atoms with E-state index in [0.29, 0.717) is 24.1 Å². The van der Waals surface area contributed by atoms with Gasteiger partial charge in [0.1, 0.15) is 11.9 Å². The SMILES string of the molecule is CCOC(=O)C1CNCCN1C(=O)c1cc(F)cc(Br)c1. The number of hydrogen-bond acceptors (Lipinski definition) is 4. The first-order valence-corrected chi connectivity index (χ1v) is 7.46. The molecule has 0 radical (unpaired) electrons. The van der Waals surface area contributed by atoms with Gasteiger partial charge >= 0.3 is 5.97 Å². The first kappa shape index (κ1) is 15.9. The normalized spacial score (nSPS) is 18.4. The fraction of sp³-hybridized carbons (Fsp3) is 0.429. The second-order valence-corrected chi connectivity index (χ2v) is 5.54. The lowest BCUT2D eigenvalue weighted by Crippen LogP contribution is -2.57. The van der Waals surface area contributed by atoms with Crippen molar-refractivity contribution in [2.75, 3.05) is 26.2 Å². The standard InChI is InChI=1S/C14H16BrFN2O3/c1-2-21-14(20)12-8-17-3-4-18(12)13(19)9-5-10(15)7-11(16)6-9/h5-7,12,17H,2-4,8H2,1H3. The molecule has 0 spiro atoms. The molecule has 0 aromatic heterocycles. The predicted octanol–water partition coefficient (Wildman–Crippen LogP) is 1.57. The van der Waals surface area contributed by atoms with Gasteiger partial charge in [-0.1, -0.05) is 15.9 Å². The van der Waals surface area contributed by atoms with Gasteiger partial charge in [0, 0.05) is 29.7 Å². The summed E-state index contributed by atoms with van der Waals surface area (Å²) in [6.07, 6.45) is 0. The number of carbonyl (C=O) groups is 2. The van der Waals surface area contributed by atoms with E-state index in [-0.39, 0.29) is 18.1 Å². The molecular formula is C14H16BrFN2O3. The van der Waals surface area contributed by atoms with Crippen molar-refractivity contribution in [1.29, 1.82) is 0 Å². The summed E-state index contributed by atoms with van der Waals surface area (Å²) in [4.78, 5) is 25.9. The first-order chi connectivity index (χ1) is 10.0. The molecule has 1 fully saturated rings. The Hall–Kier alpha value is -1.47. The summed E-state index contributed by atoms with van der Waals surface area (Å²) < 4.78 is 18.9. The number of benzene rings is 1. The number of halogens is 2. The van der Waals surface area contributed by atoms with Gasteiger partial charge in [0.2, 0.25) is 0 Å². The second-order valence-electron chi connectivity index (χ2n) is 4.63. The molecule has 2 rings (SSSR count). The van der Waals surface area contributed by atoms with Gasteiger partial charge in [0.05, 0.1) is 6.61 Å². The van der Waals surface area contributed by atoms with E-state index in [2.05, 4.69) is 21.2 Å². The molecule has 1 amide bonds. The van der Waals surface area contributed by atoms with E-state index in [1.54, 1.807) is 6.92 Å². The average Bonchev–Trinajstić information content (AvgIpc) is 2.45. The molecule has 1 saturated heterocycles. The number of amides is 1. The number of rotatable bonds is 3. The molecule has 1 atom stereocenters. The van der Waals surface area contributed by atoms with E-state index in [4.69, 9.17) is 4.74 Å². The molecule has 1 aliphatic heterocycles. The van der Waals surface area contributed by atoms with E-state index in [0.717, 1.165) is 6.07 Å². The molecule has 0 aliphatic carbocycles. The zero-order valence-electron chi connectivity index (χ0n) is 11.6. The third kappa shape index (κ3) is 3.79. The van der Waals surface area contributed by atoms with Gasteiger partial charge in [-0.25, -0.2) is 9.18 Å². The molecule has 1 aromatic carbocycles. The van der Waals surface area contributed by atoms with E-state index in [9.17, 15) is 14.0 Å². The maximum Gasteiger partial charge on any atom is 0.330 e. The number of esters is 1. The van der Waals surface area contributed by atoms with Crippen LogP contribution in [0.4, 0.5) is 4.39 Å². The van der Waals surface area contributed by atoms with Gasteiger partial charge in [0.15, 0.2) is 0 Å². The molecule has 1 unspecified atom stereocenters. The molecule has 7 heteroatoms. The lowest BCUT2D eigenvalue weighted by molar-refractivity contribution is -0.149. The van der Waals surface area contributed by atoms with Gasteiger partial charge in [-0.15, -0.1) is 0 Å². The van der Waals surface area contributed by atoms with Crippen LogP contribution < -0.4 is 5.32 Å². The quantitative estimate of drug-likeness (QED) is 0.833. The minimum absolute atomic E-state index is 0.207. The Labute approximate surface area is 130 Å². The molecule has 1 aromatic rings. The smallest absolute Gasteiger partial charge is 0.330 e. The summed E-state index contributed by atoms with van der Waals surface area (Å²) in [5.41, 5.74) is 0.207. The number of nitrogens with one attached hydrogen (secondary N) is 1. The lowest BCUT2D eigenvalue weighted by atomic mass is 10.1. The topological polar surface area (TPSA) is 58.6 Å². The molecule has 1 N–H and O–H groups in total. The highest BCUT2D eigenvalue weighted by Crippen LogP contribution is 2.18. The Morgan fingerprint density at radius 1 is 1.48 bits per heavy atom. The summed E-state index contributed by atoms with van der Waals surface area (Å²) in [6, 6.07) is 3.29. The summed E-state index contributed by atoms with van der Waals surface area (Å²) in [6.45, 7) is 3.25. The van der Waals surface area contributed by atoms with Crippen LogP contribution in [0.25, 0.3) is 0 Å². The van der Waals surface area contributed by atoms with Crippen molar-refractivity contribution in [1.82, 2.24) is 10.2 Å². The minimum Gasteiger partial charge on any atom is -0.464 e. The molecule has 1 aliphatic rings. The van der Waals surface area contributed by atoms with Crippen molar-refractivity contribution in [2.45, 2.75) is 13.0 Å². The highest BCUT2D eigenvalue weighted by atomic mass is 79.9. The van der Waals surface area contributed by atoms with Crippen LogP contribution in [-0.2, 0) is 9.53 Å². The van der Waals surface area contributed by atoms with Crippen LogP contribution in [-0.4, -0.2) is 49.1 Å².